The van der Waals surface area contributed by atoms with Crippen LogP contribution >= 0.6 is 11.8 Å². The lowest BCUT2D eigenvalue weighted by Gasteiger charge is -2.34. The van der Waals surface area contributed by atoms with Gasteiger partial charge in [-0.25, -0.2) is 4.39 Å². The van der Waals surface area contributed by atoms with Gasteiger partial charge < -0.3 is 14.3 Å². The SMILES string of the molecule is O=C1NC(=O)/C(=C/N2CCN(c3noc4ccc(F)cc34)CC2)S1. The molecule has 2 saturated heterocycles. The molecule has 0 radical (unpaired) electrons. The lowest BCUT2D eigenvalue weighted by molar-refractivity contribution is -0.115. The summed E-state index contributed by atoms with van der Waals surface area (Å²) in [6.07, 6.45) is 1.71. The van der Waals surface area contributed by atoms with Gasteiger partial charge >= 0.3 is 0 Å². The Morgan fingerprint density at radius 2 is 2.04 bits per heavy atom. The maximum Gasteiger partial charge on any atom is 0.290 e. The topological polar surface area (TPSA) is 78.7 Å². The summed E-state index contributed by atoms with van der Waals surface area (Å²) in [7, 11) is 0. The van der Waals surface area contributed by atoms with Crippen LogP contribution in [0.5, 0.6) is 0 Å². The summed E-state index contributed by atoms with van der Waals surface area (Å²) in [4.78, 5) is 27.2. The molecule has 2 aliphatic heterocycles. The molecule has 2 fully saturated rings. The molecule has 2 aliphatic rings. The molecule has 0 aliphatic carbocycles. The van der Waals surface area contributed by atoms with Crippen molar-refractivity contribution in [2.75, 3.05) is 31.1 Å². The molecule has 4 rings (SSSR count). The molecule has 0 bridgehead atoms. The second-order valence-corrected chi connectivity index (χ2v) is 6.52. The van der Waals surface area contributed by atoms with E-state index in [9.17, 15) is 14.0 Å². The summed E-state index contributed by atoms with van der Waals surface area (Å²) >= 11 is 0.907. The number of thioether (sulfide) groups is 1. The van der Waals surface area contributed by atoms with E-state index in [4.69, 9.17) is 4.52 Å². The Labute approximate surface area is 140 Å². The van der Waals surface area contributed by atoms with Crippen LogP contribution in [0.2, 0.25) is 0 Å². The number of piperazine rings is 1. The number of imide groups is 1. The monoisotopic (exact) mass is 348 g/mol. The number of carbonyl (C=O) groups excluding carboxylic acids is 2. The van der Waals surface area contributed by atoms with E-state index >= 15 is 0 Å². The van der Waals surface area contributed by atoms with E-state index in [1.807, 2.05) is 9.80 Å². The number of amides is 2. The molecule has 2 aromatic rings. The van der Waals surface area contributed by atoms with Crippen LogP contribution in [0.3, 0.4) is 0 Å². The van der Waals surface area contributed by atoms with Crippen molar-refractivity contribution in [2.45, 2.75) is 0 Å². The van der Waals surface area contributed by atoms with Crippen molar-refractivity contribution in [3.8, 4) is 0 Å². The number of rotatable bonds is 2. The number of nitrogens with one attached hydrogen (secondary N) is 1. The molecule has 7 nitrogen and oxygen atoms in total. The molecule has 1 aromatic heterocycles. The van der Waals surface area contributed by atoms with E-state index in [1.54, 1.807) is 12.3 Å². The second kappa shape index (κ2) is 5.82. The van der Waals surface area contributed by atoms with Crippen molar-refractivity contribution in [3.63, 3.8) is 0 Å². The van der Waals surface area contributed by atoms with E-state index in [0.717, 1.165) is 11.8 Å². The zero-order chi connectivity index (χ0) is 16.7. The van der Waals surface area contributed by atoms with Crippen molar-refractivity contribution in [3.05, 3.63) is 35.1 Å². The third-order valence-corrected chi connectivity index (χ3v) is 4.77. The number of carbonyl (C=O) groups is 2. The minimum absolute atomic E-state index is 0.329. The highest BCUT2D eigenvalue weighted by molar-refractivity contribution is 8.18. The van der Waals surface area contributed by atoms with Crippen LogP contribution in [0.15, 0.2) is 33.8 Å². The summed E-state index contributed by atoms with van der Waals surface area (Å²) in [5.41, 5.74) is 0.550. The van der Waals surface area contributed by atoms with E-state index in [0.29, 0.717) is 47.9 Å². The quantitative estimate of drug-likeness (QED) is 0.831. The Balaban J connectivity index is 1.48. The van der Waals surface area contributed by atoms with Gasteiger partial charge in [0.25, 0.3) is 11.1 Å². The number of aromatic nitrogens is 1. The summed E-state index contributed by atoms with van der Waals surface area (Å²) in [6, 6.07) is 4.32. The molecule has 9 heteroatoms. The van der Waals surface area contributed by atoms with Gasteiger partial charge in [0, 0.05) is 32.4 Å². The van der Waals surface area contributed by atoms with Crippen LogP contribution in [-0.2, 0) is 4.79 Å². The number of hydrogen-bond donors (Lipinski definition) is 1. The molecule has 0 unspecified atom stereocenters. The van der Waals surface area contributed by atoms with Crippen LogP contribution < -0.4 is 10.2 Å². The molecule has 0 saturated carbocycles. The Kier molecular flexibility index (Phi) is 3.64. The number of anilines is 1. The lowest BCUT2D eigenvalue weighted by atomic mass is 10.2. The summed E-state index contributed by atoms with van der Waals surface area (Å²) in [6.45, 7) is 2.63. The fourth-order valence-corrected chi connectivity index (χ4v) is 3.45. The Morgan fingerprint density at radius 3 is 2.75 bits per heavy atom. The van der Waals surface area contributed by atoms with E-state index in [2.05, 4.69) is 10.5 Å². The first-order valence-electron chi connectivity index (χ1n) is 7.39. The molecule has 0 spiro atoms. The molecule has 2 amide bonds. The van der Waals surface area contributed by atoms with Crippen LogP contribution in [0.4, 0.5) is 15.0 Å². The Morgan fingerprint density at radius 1 is 1.25 bits per heavy atom. The van der Waals surface area contributed by atoms with Crippen molar-refractivity contribution in [1.82, 2.24) is 15.4 Å². The standard InChI is InChI=1S/C15H13FN4O3S/c16-9-1-2-11-10(7-9)13(18-23-11)20-5-3-19(4-6-20)8-12-14(21)17-15(22)24-12/h1-2,7-8H,3-6H2,(H,17,21,22)/b12-8-. The van der Waals surface area contributed by atoms with Crippen molar-refractivity contribution in [2.24, 2.45) is 0 Å². The predicted octanol–water partition coefficient (Wildman–Crippen LogP) is 1.91. The first-order valence-corrected chi connectivity index (χ1v) is 8.21. The van der Waals surface area contributed by atoms with Gasteiger partial charge in [-0.05, 0) is 30.0 Å². The number of halogens is 1. The highest BCUT2D eigenvalue weighted by Crippen LogP contribution is 2.28. The van der Waals surface area contributed by atoms with Gasteiger partial charge in [0.1, 0.15) is 5.82 Å². The van der Waals surface area contributed by atoms with Crippen molar-refractivity contribution >= 4 is 39.7 Å². The zero-order valence-corrected chi connectivity index (χ0v) is 13.3. The molecule has 24 heavy (non-hydrogen) atoms. The maximum atomic E-state index is 13.4. The predicted molar refractivity (Wildman–Crippen MR) is 87.0 cm³/mol. The van der Waals surface area contributed by atoms with Crippen LogP contribution in [0, 0.1) is 5.82 Å². The molecule has 1 N–H and O–H groups in total. The van der Waals surface area contributed by atoms with Gasteiger partial charge in [-0.1, -0.05) is 5.16 Å². The highest BCUT2D eigenvalue weighted by atomic mass is 32.2. The van der Waals surface area contributed by atoms with Crippen LogP contribution in [0.25, 0.3) is 11.0 Å². The van der Waals surface area contributed by atoms with Crippen molar-refractivity contribution in [1.29, 1.82) is 0 Å². The molecule has 1 aromatic carbocycles. The fourth-order valence-electron chi connectivity index (χ4n) is 2.77. The van der Waals surface area contributed by atoms with E-state index < -0.39 is 0 Å². The van der Waals surface area contributed by atoms with Gasteiger partial charge in [-0.2, -0.15) is 0 Å². The highest BCUT2D eigenvalue weighted by Gasteiger charge is 2.27. The zero-order valence-electron chi connectivity index (χ0n) is 12.5. The van der Waals surface area contributed by atoms with E-state index in [1.165, 1.54) is 12.1 Å². The summed E-state index contributed by atoms with van der Waals surface area (Å²) in [5, 5.41) is 6.59. The normalized spacial score (nSPS) is 20.3. The number of nitrogens with zero attached hydrogens (tertiary/aromatic N) is 3. The van der Waals surface area contributed by atoms with Gasteiger partial charge in [0.15, 0.2) is 11.4 Å². The molecule has 3 heterocycles. The first-order chi connectivity index (χ1) is 11.6. The van der Waals surface area contributed by atoms with Gasteiger partial charge in [-0.3, -0.25) is 14.9 Å². The molecular formula is C15H13FN4O3S. The molecule has 124 valence electrons. The number of hydrogen-bond acceptors (Lipinski definition) is 7. The smallest absolute Gasteiger partial charge is 0.290 e. The number of benzene rings is 1. The van der Waals surface area contributed by atoms with Gasteiger partial charge in [-0.15, -0.1) is 0 Å². The first kappa shape index (κ1) is 15.0. The third-order valence-electron chi connectivity index (χ3n) is 3.97. The fraction of sp³-hybridized carbons (Fsp3) is 0.267. The Bertz CT molecular complexity index is 858. The number of fused-ring (bicyclic) bond motifs is 1. The summed E-state index contributed by atoms with van der Waals surface area (Å²) < 4.78 is 18.7. The minimum Gasteiger partial charge on any atom is -0.373 e. The molecule has 0 atom stereocenters. The van der Waals surface area contributed by atoms with Crippen LogP contribution in [-0.4, -0.2) is 47.4 Å². The Hall–Kier alpha value is -2.55. The average Bonchev–Trinajstić information content (AvgIpc) is 3.11. The van der Waals surface area contributed by atoms with Crippen molar-refractivity contribution < 1.29 is 18.5 Å². The second-order valence-electron chi connectivity index (χ2n) is 5.51. The third kappa shape index (κ3) is 2.71. The largest absolute Gasteiger partial charge is 0.373 e. The molecular weight excluding hydrogens is 335 g/mol. The van der Waals surface area contributed by atoms with Gasteiger partial charge in [0.2, 0.25) is 0 Å². The van der Waals surface area contributed by atoms with E-state index in [-0.39, 0.29) is 17.0 Å². The van der Waals surface area contributed by atoms with Gasteiger partial charge in [0.05, 0.1) is 10.3 Å². The van der Waals surface area contributed by atoms with Crippen LogP contribution in [0.1, 0.15) is 0 Å². The maximum absolute atomic E-state index is 13.4. The lowest BCUT2D eigenvalue weighted by Crippen LogP contribution is -2.44. The average molecular weight is 348 g/mol. The minimum atomic E-state index is -0.356. The summed E-state index contributed by atoms with van der Waals surface area (Å²) in [5.74, 6) is -0.0605.